The van der Waals surface area contributed by atoms with E-state index in [4.69, 9.17) is 9.15 Å². The van der Waals surface area contributed by atoms with Crippen LogP contribution in [0.25, 0.3) is 5.69 Å². The van der Waals surface area contributed by atoms with Gasteiger partial charge in [-0.05, 0) is 35.4 Å². The molecule has 0 spiro atoms. The number of rotatable bonds is 10. The van der Waals surface area contributed by atoms with Gasteiger partial charge in [-0.15, -0.1) is 10.2 Å². The molecule has 9 heteroatoms. The summed E-state index contributed by atoms with van der Waals surface area (Å²) in [6.45, 7) is 0.422. The van der Waals surface area contributed by atoms with Gasteiger partial charge in [-0.3, -0.25) is 9.36 Å². The van der Waals surface area contributed by atoms with Crippen LogP contribution >= 0.6 is 11.8 Å². The fraction of sp³-hybridized carbons (Fsp3) is 0.143. The van der Waals surface area contributed by atoms with Crippen molar-refractivity contribution in [2.45, 2.75) is 23.9 Å². The van der Waals surface area contributed by atoms with E-state index >= 15 is 0 Å². The molecule has 37 heavy (non-hydrogen) atoms. The molecule has 1 amide bonds. The van der Waals surface area contributed by atoms with Gasteiger partial charge >= 0.3 is 0 Å². The molecule has 0 atom stereocenters. The summed E-state index contributed by atoms with van der Waals surface area (Å²) in [5, 5.41) is 12.5. The number of methoxy groups -OCH3 is 1. The highest BCUT2D eigenvalue weighted by Gasteiger charge is 2.18. The van der Waals surface area contributed by atoms with Crippen LogP contribution in [-0.2, 0) is 18.7 Å². The molecule has 1 N–H and O–H groups in total. The lowest BCUT2D eigenvalue weighted by Crippen LogP contribution is -2.23. The smallest absolute Gasteiger partial charge is 0.273 e. The molecular formula is C28H25N5O3S. The monoisotopic (exact) mass is 511 g/mol. The number of ether oxygens (including phenoxy) is 1. The van der Waals surface area contributed by atoms with Crippen molar-refractivity contribution >= 4 is 17.7 Å². The van der Waals surface area contributed by atoms with Crippen molar-refractivity contribution in [3.8, 4) is 11.4 Å². The molecule has 5 rings (SSSR count). The third kappa shape index (κ3) is 6.07. The first-order chi connectivity index (χ1) is 18.2. The Morgan fingerprint density at radius 1 is 0.946 bits per heavy atom. The van der Waals surface area contributed by atoms with Crippen LogP contribution in [0.2, 0.25) is 0 Å². The van der Waals surface area contributed by atoms with Crippen LogP contribution in [0.5, 0.6) is 5.75 Å². The second kappa shape index (κ2) is 11.6. The number of nitrogens with one attached hydrogen (secondary N) is 1. The predicted molar refractivity (Wildman–Crippen MR) is 141 cm³/mol. The van der Waals surface area contributed by atoms with Crippen LogP contribution in [0.1, 0.15) is 33.3 Å². The number of hydrogen-bond donors (Lipinski definition) is 1. The van der Waals surface area contributed by atoms with Gasteiger partial charge in [0.1, 0.15) is 17.8 Å². The number of amides is 1. The molecule has 2 heterocycles. The molecule has 0 unspecified atom stereocenters. The van der Waals surface area contributed by atoms with Gasteiger partial charge in [0.15, 0.2) is 10.9 Å². The second-order valence-corrected chi connectivity index (χ2v) is 9.12. The second-order valence-electron chi connectivity index (χ2n) is 8.18. The lowest BCUT2D eigenvalue weighted by Gasteiger charge is -2.11. The Hall–Kier alpha value is -4.37. The maximum absolute atomic E-state index is 12.5. The molecule has 0 bridgehead atoms. The fourth-order valence-electron chi connectivity index (χ4n) is 3.75. The Bertz CT molecular complexity index is 1450. The van der Waals surface area contributed by atoms with E-state index in [2.05, 4.69) is 32.6 Å². The number of carbonyl (C=O) groups excluding carboxylic acids is 1. The largest absolute Gasteiger partial charge is 0.497 e. The van der Waals surface area contributed by atoms with Gasteiger partial charge < -0.3 is 14.5 Å². The summed E-state index contributed by atoms with van der Waals surface area (Å²) < 4.78 is 12.9. The van der Waals surface area contributed by atoms with Crippen LogP contribution in [0.3, 0.4) is 0 Å². The van der Waals surface area contributed by atoms with Crippen LogP contribution < -0.4 is 10.1 Å². The van der Waals surface area contributed by atoms with Crippen LogP contribution in [0.4, 0.5) is 0 Å². The van der Waals surface area contributed by atoms with Gasteiger partial charge in [0.05, 0.1) is 12.9 Å². The van der Waals surface area contributed by atoms with Crippen LogP contribution in [0.15, 0.2) is 101 Å². The highest BCUT2D eigenvalue weighted by atomic mass is 32.2. The summed E-state index contributed by atoms with van der Waals surface area (Å²) in [4.78, 5) is 16.9. The SMILES string of the molecule is COc1ccc(-n2c(Cc3ccccc3)nnc2SCc2nc(C(=O)NCc3ccccc3)co2)cc1. The van der Waals surface area contributed by atoms with Crippen molar-refractivity contribution in [2.24, 2.45) is 0 Å². The molecule has 3 aromatic carbocycles. The van der Waals surface area contributed by atoms with E-state index in [0.717, 1.165) is 28.4 Å². The first-order valence-electron chi connectivity index (χ1n) is 11.7. The van der Waals surface area contributed by atoms with Gasteiger partial charge in [0.2, 0.25) is 5.89 Å². The summed E-state index contributed by atoms with van der Waals surface area (Å²) in [6.07, 6.45) is 2.01. The summed E-state index contributed by atoms with van der Waals surface area (Å²) in [5.41, 5.74) is 3.32. The van der Waals surface area contributed by atoms with Crippen LogP contribution in [0, 0.1) is 0 Å². The van der Waals surface area contributed by atoms with Crippen LogP contribution in [-0.4, -0.2) is 32.8 Å². The van der Waals surface area contributed by atoms with E-state index in [0.29, 0.717) is 29.8 Å². The Labute approximate surface area is 218 Å². The quantitative estimate of drug-likeness (QED) is 0.261. The Morgan fingerprint density at radius 3 is 2.35 bits per heavy atom. The average Bonchev–Trinajstić information content (AvgIpc) is 3.59. The zero-order chi connectivity index (χ0) is 25.5. The number of oxazole rings is 1. The number of carbonyl (C=O) groups is 1. The summed E-state index contributed by atoms with van der Waals surface area (Å²) >= 11 is 1.44. The van der Waals surface area contributed by atoms with Crippen molar-refractivity contribution in [3.63, 3.8) is 0 Å². The molecule has 186 valence electrons. The zero-order valence-electron chi connectivity index (χ0n) is 20.2. The molecule has 0 saturated carbocycles. The van der Waals surface area contributed by atoms with Gasteiger partial charge in [0, 0.05) is 18.7 Å². The van der Waals surface area contributed by atoms with Crippen molar-refractivity contribution in [1.82, 2.24) is 25.1 Å². The maximum atomic E-state index is 12.5. The average molecular weight is 512 g/mol. The van der Waals surface area contributed by atoms with Crippen molar-refractivity contribution in [3.05, 3.63) is 120 Å². The molecule has 0 saturated heterocycles. The number of aromatic nitrogens is 4. The van der Waals surface area contributed by atoms with E-state index in [1.807, 2.05) is 77.4 Å². The van der Waals surface area contributed by atoms with Gasteiger partial charge in [0.25, 0.3) is 5.91 Å². The predicted octanol–water partition coefficient (Wildman–Crippen LogP) is 5.08. The highest BCUT2D eigenvalue weighted by Crippen LogP contribution is 2.27. The van der Waals surface area contributed by atoms with Gasteiger partial charge in [-0.25, -0.2) is 4.98 Å². The van der Waals surface area contributed by atoms with E-state index in [9.17, 15) is 4.79 Å². The van der Waals surface area contributed by atoms with E-state index < -0.39 is 0 Å². The Balaban J connectivity index is 1.30. The number of hydrogen-bond acceptors (Lipinski definition) is 7. The first kappa shape index (κ1) is 24.3. The van der Waals surface area contributed by atoms with Gasteiger partial charge in [-0.2, -0.15) is 0 Å². The van der Waals surface area contributed by atoms with Crippen molar-refractivity contribution in [2.75, 3.05) is 7.11 Å². The minimum Gasteiger partial charge on any atom is -0.497 e. The Morgan fingerprint density at radius 2 is 1.65 bits per heavy atom. The lowest BCUT2D eigenvalue weighted by atomic mass is 10.1. The van der Waals surface area contributed by atoms with Crippen molar-refractivity contribution < 1.29 is 13.9 Å². The number of benzene rings is 3. The molecule has 8 nitrogen and oxygen atoms in total. The minimum atomic E-state index is -0.282. The summed E-state index contributed by atoms with van der Waals surface area (Å²) in [5.74, 6) is 2.13. The summed E-state index contributed by atoms with van der Waals surface area (Å²) in [6, 6.07) is 27.6. The topological polar surface area (TPSA) is 95.1 Å². The molecule has 0 aliphatic rings. The summed E-state index contributed by atoms with van der Waals surface area (Å²) in [7, 11) is 1.64. The Kier molecular flexibility index (Phi) is 7.61. The van der Waals surface area contributed by atoms with E-state index in [-0.39, 0.29) is 11.6 Å². The first-order valence-corrected chi connectivity index (χ1v) is 12.7. The molecule has 0 aliphatic carbocycles. The molecule has 0 aliphatic heterocycles. The number of nitrogens with zero attached hydrogens (tertiary/aromatic N) is 4. The van der Waals surface area contributed by atoms with E-state index in [1.54, 1.807) is 7.11 Å². The molecule has 0 radical (unpaired) electrons. The minimum absolute atomic E-state index is 0.243. The standard InChI is InChI=1S/C28H25N5O3S/c1-35-23-14-12-22(13-15-23)33-25(16-20-8-4-2-5-9-20)31-32-28(33)37-19-26-30-24(18-36-26)27(34)29-17-21-10-6-3-7-11-21/h2-15,18H,16-17,19H2,1H3,(H,29,34). The van der Waals surface area contributed by atoms with Crippen molar-refractivity contribution in [1.29, 1.82) is 0 Å². The third-order valence-corrected chi connectivity index (χ3v) is 6.55. The fourth-order valence-corrected chi connectivity index (χ4v) is 4.58. The molecular weight excluding hydrogens is 486 g/mol. The maximum Gasteiger partial charge on any atom is 0.273 e. The lowest BCUT2D eigenvalue weighted by molar-refractivity contribution is 0.0946. The zero-order valence-corrected chi connectivity index (χ0v) is 21.0. The van der Waals surface area contributed by atoms with E-state index in [1.165, 1.54) is 18.0 Å². The normalized spacial score (nSPS) is 10.8. The molecule has 0 fully saturated rings. The molecule has 2 aromatic heterocycles. The molecule has 5 aromatic rings. The van der Waals surface area contributed by atoms with Gasteiger partial charge in [-0.1, -0.05) is 72.4 Å². The highest BCUT2D eigenvalue weighted by molar-refractivity contribution is 7.98. The third-order valence-electron chi connectivity index (χ3n) is 5.64. The number of thioether (sulfide) groups is 1.